The molecule has 1 heterocycles. The van der Waals surface area contributed by atoms with Crippen LogP contribution in [0.3, 0.4) is 0 Å². The Balaban J connectivity index is 2.02. The number of halogens is 1. The minimum absolute atomic E-state index is 0.233. The van der Waals surface area contributed by atoms with Crippen molar-refractivity contribution in [1.29, 1.82) is 0 Å². The summed E-state index contributed by atoms with van der Waals surface area (Å²) in [7, 11) is 3.16. The van der Waals surface area contributed by atoms with E-state index in [0.717, 1.165) is 11.4 Å². The highest BCUT2D eigenvalue weighted by atomic mass is 19.1. The summed E-state index contributed by atoms with van der Waals surface area (Å²) >= 11 is 0. The van der Waals surface area contributed by atoms with E-state index in [-0.39, 0.29) is 11.9 Å². The van der Waals surface area contributed by atoms with E-state index in [0.29, 0.717) is 30.0 Å². The van der Waals surface area contributed by atoms with E-state index in [4.69, 9.17) is 15.2 Å². The second-order valence-corrected chi connectivity index (χ2v) is 5.50. The smallest absolute Gasteiger partial charge is 0.162 e. The number of hydrogen-bond acceptors (Lipinski definition) is 5. The van der Waals surface area contributed by atoms with E-state index in [1.807, 2.05) is 24.3 Å². The van der Waals surface area contributed by atoms with Crippen LogP contribution >= 0.6 is 0 Å². The van der Waals surface area contributed by atoms with Crippen molar-refractivity contribution in [2.24, 2.45) is 10.8 Å². The van der Waals surface area contributed by atoms with Crippen LogP contribution in [0.1, 0.15) is 18.0 Å². The first-order valence-corrected chi connectivity index (χ1v) is 7.70. The molecule has 3 rings (SSSR count). The zero-order valence-corrected chi connectivity index (χ0v) is 13.7. The molecule has 1 aliphatic heterocycles. The van der Waals surface area contributed by atoms with Crippen molar-refractivity contribution in [2.75, 3.05) is 25.8 Å². The van der Waals surface area contributed by atoms with Crippen molar-refractivity contribution in [3.8, 4) is 11.5 Å². The summed E-state index contributed by atoms with van der Waals surface area (Å²) in [6, 6.07) is 12.0. The Labute approximate surface area is 140 Å². The van der Waals surface area contributed by atoms with Gasteiger partial charge in [-0.1, -0.05) is 18.2 Å². The molecule has 0 spiro atoms. The number of benzene rings is 2. The van der Waals surface area contributed by atoms with Crippen LogP contribution in [0, 0.1) is 5.82 Å². The van der Waals surface area contributed by atoms with E-state index in [1.54, 1.807) is 31.4 Å². The second kappa shape index (κ2) is 6.88. The monoisotopic (exact) mass is 329 g/mol. The van der Waals surface area contributed by atoms with Gasteiger partial charge in [0.15, 0.2) is 11.5 Å². The molecule has 2 N–H and O–H groups in total. The van der Waals surface area contributed by atoms with Crippen molar-refractivity contribution in [3.63, 3.8) is 0 Å². The summed E-state index contributed by atoms with van der Waals surface area (Å²) in [6.45, 7) is 0.342. The summed E-state index contributed by atoms with van der Waals surface area (Å²) < 4.78 is 24.9. The van der Waals surface area contributed by atoms with Crippen LogP contribution in [0.15, 0.2) is 47.6 Å². The first kappa shape index (κ1) is 16.3. The molecule has 0 radical (unpaired) electrons. The van der Waals surface area contributed by atoms with Gasteiger partial charge in [-0.3, -0.25) is 5.01 Å². The summed E-state index contributed by atoms with van der Waals surface area (Å²) in [5.41, 5.74) is 7.98. The third-order valence-corrected chi connectivity index (χ3v) is 4.10. The topological polar surface area (TPSA) is 60.1 Å². The lowest BCUT2D eigenvalue weighted by Crippen LogP contribution is -2.19. The van der Waals surface area contributed by atoms with E-state index in [2.05, 4.69) is 5.10 Å². The van der Waals surface area contributed by atoms with Gasteiger partial charge in [0.2, 0.25) is 0 Å². The maximum atomic E-state index is 14.3. The fourth-order valence-electron chi connectivity index (χ4n) is 2.89. The molecule has 2 aromatic carbocycles. The van der Waals surface area contributed by atoms with Gasteiger partial charge in [-0.15, -0.1) is 0 Å². The lowest BCUT2D eigenvalue weighted by molar-refractivity contribution is 0.355. The molecule has 0 aliphatic carbocycles. The second-order valence-electron chi connectivity index (χ2n) is 5.50. The van der Waals surface area contributed by atoms with Crippen LogP contribution in [0.4, 0.5) is 10.1 Å². The number of anilines is 1. The molecule has 1 aliphatic rings. The summed E-state index contributed by atoms with van der Waals surface area (Å²) in [5.74, 6) is 0.978. The SMILES string of the molecule is COc1ccc(N2N=C(CN)CC2c2ccccc2F)cc1OC. The highest BCUT2D eigenvalue weighted by molar-refractivity contribution is 5.90. The summed E-state index contributed by atoms with van der Waals surface area (Å²) in [5, 5.41) is 6.36. The summed E-state index contributed by atoms with van der Waals surface area (Å²) in [4.78, 5) is 0. The van der Waals surface area contributed by atoms with Crippen LogP contribution in [0.25, 0.3) is 0 Å². The molecule has 2 aromatic rings. The lowest BCUT2D eigenvalue weighted by atomic mass is 10.0. The van der Waals surface area contributed by atoms with E-state index in [9.17, 15) is 4.39 Å². The van der Waals surface area contributed by atoms with Gasteiger partial charge in [-0.25, -0.2) is 4.39 Å². The van der Waals surface area contributed by atoms with Crippen LogP contribution < -0.4 is 20.2 Å². The molecule has 0 aromatic heterocycles. The predicted molar refractivity (Wildman–Crippen MR) is 92.3 cm³/mol. The molecular weight excluding hydrogens is 309 g/mol. The summed E-state index contributed by atoms with van der Waals surface area (Å²) in [6.07, 6.45) is 0.589. The van der Waals surface area contributed by atoms with Gasteiger partial charge in [-0.05, 0) is 18.2 Å². The molecule has 0 bridgehead atoms. The van der Waals surface area contributed by atoms with Crippen molar-refractivity contribution in [3.05, 3.63) is 53.8 Å². The first-order valence-electron chi connectivity index (χ1n) is 7.70. The Hall–Kier alpha value is -2.60. The Morgan fingerprint density at radius 1 is 1.17 bits per heavy atom. The standard InChI is InChI=1S/C18H20FN3O2/c1-23-17-8-7-13(10-18(17)24-2)22-16(9-12(11-20)21-22)14-5-3-4-6-15(14)19/h3-8,10,16H,9,11,20H2,1-2H3. The molecule has 1 atom stereocenters. The molecule has 0 amide bonds. The van der Waals surface area contributed by atoms with Gasteiger partial charge in [0.25, 0.3) is 0 Å². The molecule has 1 unspecified atom stereocenters. The third-order valence-electron chi connectivity index (χ3n) is 4.10. The van der Waals surface area contributed by atoms with Crippen molar-refractivity contribution in [2.45, 2.75) is 12.5 Å². The zero-order chi connectivity index (χ0) is 17.1. The molecule has 126 valence electrons. The highest BCUT2D eigenvalue weighted by Crippen LogP contribution is 2.39. The van der Waals surface area contributed by atoms with Gasteiger partial charge in [0.05, 0.1) is 31.7 Å². The van der Waals surface area contributed by atoms with Gasteiger partial charge < -0.3 is 15.2 Å². The quantitative estimate of drug-likeness (QED) is 0.916. The van der Waals surface area contributed by atoms with Crippen molar-refractivity contribution in [1.82, 2.24) is 0 Å². The number of hydrogen-bond donors (Lipinski definition) is 1. The van der Waals surface area contributed by atoms with Gasteiger partial charge in [0.1, 0.15) is 5.82 Å². The number of nitrogens with two attached hydrogens (primary N) is 1. The Bertz CT molecular complexity index is 764. The Kier molecular flexibility index (Phi) is 4.66. The molecule has 0 saturated heterocycles. The Morgan fingerprint density at radius 2 is 1.92 bits per heavy atom. The maximum Gasteiger partial charge on any atom is 0.162 e. The molecular formula is C18H20FN3O2. The normalized spacial score (nSPS) is 16.9. The fourth-order valence-corrected chi connectivity index (χ4v) is 2.89. The van der Waals surface area contributed by atoms with Gasteiger partial charge >= 0.3 is 0 Å². The maximum absolute atomic E-state index is 14.3. The van der Waals surface area contributed by atoms with Gasteiger partial charge in [-0.2, -0.15) is 5.10 Å². The molecule has 0 fully saturated rings. The van der Waals surface area contributed by atoms with Crippen LogP contribution in [-0.4, -0.2) is 26.5 Å². The number of ether oxygens (including phenoxy) is 2. The third kappa shape index (κ3) is 2.92. The van der Waals surface area contributed by atoms with Crippen molar-refractivity contribution < 1.29 is 13.9 Å². The number of methoxy groups -OCH3 is 2. The van der Waals surface area contributed by atoms with E-state index < -0.39 is 0 Å². The van der Waals surface area contributed by atoms with E-state index >= 15 is 0 Å². The van der Waals surface area contributed by atoms with E-state index in [1.165, 1.54) is 6.07 Å². The largest absolute Gasteiger partial charge is 0.493 e. The number of rotatable bonds is 5. The average molecular weight is 329 g/mol. The minimum Gasteiger partial charge on any atom is -0.493 e. The number of hydrazone groups is 1. The van der Waals surface area contributed by atoms with Crippen LogP contribution in [0.2, 0.25) is 0 Å². The minimum atomic E-state index is -0.249. The lowest BCUT2D eigenvalue weighted by Gasteiger charge is -2.25. The first-order chi connectivity index (χ1) is 11.7. The van der Waals surface area contributed by atoms with Crippen molar-refractivity contribution >= 4 is 11.4 Å². The van der Waals surface area contributed by atoms with Crippen LogP contribution in [-0.2, 0) is 0 Å². The molecule has 6 heteroatoms. The molecule has 24 heavy (non-hydrogen) atoms. The van der Waals surface area contributed by atoms with Gasteiger partial charge in [0, 0.05) is 24.6 Å². The zero-order valence-electron chi connectivity index (χ0n) is 13.7. The fraction of sp³-hybridized carbons (Fsp3) is 0.278. The average Bonchev–Trinajstić information content (AvgIpc) is 3.05. The van der Waals surface area contributed by atoms with Crippen LogP contribution in [0.5, 0.6) is 11.5 Å². The number of nitrogens with zero attached hydrogens (tertiary/aromatic N) is 2. The molecule has 0 saturated carbocycles. The Morgan fingerprint density at radius 3 is 2.58 bits per heavy atom. The molecule has 5 nitrogen and oxygen atoms in total. The predicted octanol–water partition coefficient (Wildman–Crippen LogP) is 3.11. The highest BCUT2D eigenvalue weighted by Gasteiger charge is 2.30.